The van der Waals surface area contributed by atoms with Crippen LogP contribution in [-0.4, -0.2) is 10.3 Å². The Balaban J connectivity index is 1.48. The van der Waals surface area contributed by atoms with Crippen LogP contribution < -0.4 is 5.01 Å². The monoisotopic (exact) mass is 401 g/mol. The van der Waals surface area contributed by atoms with Crippen LogP contribution in [0.5, 0.6) is 0 Å². The van der Waals surface area contributed by atoms with Gasteiger partial charge >= 0.3 is 0 Å². The number of benzene rings is 4. The summed E-state index contributed by atoms with van der Waals surface area (Å²) in [5, 5.41) is 9.88. The van der Waals surface area contributed by atoms with Crippen LogP contribution in [-0.2, 0) is 7.05 Å². The summed E-state index contributed by atoms with van der Waals surface area (Å²) in [6.07, 6.45) is 0.884. The molecular weight excluding hydrogens is 378 g/mol. The van der Waals surface area contributed by atoms with E-state index in [1.165, 1.54) is 32.9 Å². The summed E-state index contributed by atoms with van der Waals surface area (Å²) in [6.45, 7) is 0. The van der Waals surface area contributed by atoms with E-state index in [4.69, 9.17) is 5.10 Å². The SMILES string of the molecule is Cn1c2ccccc2c2cc(C3=NN(c4ccccc4)[C@@H](c4ccccc4)C3)ccc21. The lowest BCUT2D eigenvalue weighted by atomic mass is 9.97. The third kappa shape index (κ3) is 2.93. The van der Waals surface area contributed by atoms with Crippen molar-refractivity contribution in [2.45, 2.75) is 12.5 Å². The molecule has 0 spiro atoms. The Bertz CT molecular complexity index is 1410. The van der Waals surface area contributed by atoms with Gasteiger partial charge in [0.2, 0.25) is 0 Å². The lowest BCUT2D eigenvalue weighted by Gasteiger charge is -2.23. The fourth-order valence-electron chi connectivity index (χ4n) is 4.79. The number of aromatic nitrogens is 1. The number of hydrazone groups is 1. The molecule has 150 valence electrons. The first-order valence-corrected chi connectivity index (χ1v) is 10.7. The smallest absolute Gasteiger partial charge is 0.0831 e. The van der Waals surface area contributed by atoms with Gasteiger partial charge < -0.3 is 4.57 Å². The largest absolute Gasteiger partial charge is 0.344 e. The van der Waals surface area contributed by atoms with Crippen LogP contribution in [0.3, 0.4) is 0 Å². The fraction of sp³-hybridized carbons (Fsp3) is 0.107. The average molecular weight is 402 g/mol. The number of hydrogen-bond acceptors (Lipinski definition) is 2. The Morgan fingerprint density at radius 1 is 0.710 bits per heavy atom. The summed E-state index contributed by atoms with van der Waals surface area (Å²) in [7, 11) is 2.14. The zero-order valence-electron chi connectivity index (χ0n) is 17.4. The summed E-state index contributed by atoms with van der Waals surface area (Å²) in [4.78, 5) is 0. The molecule has 0 fully saturated rings. The molecule has 6 rings (SSSR count). The summed E-state index contributed by atoms with van der Waals surface area (Å²) >= 11 is 0. The van der Waals surface area contributed by atoms with E-state index >= 15 is 0 Å². The number of para-hydroxylation sites is 2. The number of rotatable bonds is 3. The standard InChI is InChI=1S/C28H23N3/c1-30-26-15-9-8-14-23(26)24-18-21(16-17-27(24)30)25-19-28(20-10-4-2-5-11-20)31(29-25)22-12-6-3-7-13-22/h2-18,28H,19H2,1H3/t28-/m1/s1. The highest BCUT2D eigenvalue weighted by atomic mass is 15.5. The van der Waals surface area contributed by atoms with Gasteiger partial charge in [0.1, 0.15) is 0 Å². The first-order valence-electron chi connectivity index (χ1n) is 10.7. The Morgan fingerprint density at radius 3 is 2.19 bits per heavy atom. The van der Waals surface area contributed by atoms with E-state index in [0.29, 0.717) is 0 Å². The highest BCUT2D eigenvalue weighted by Crippen LogP contribution is 2.37. The Morgan fingerprint density at radius 2 is 1.39 bits per heavy atom. The highest BCUT2D eigenvalue weighted by molar-refractivity contribution is 6.12. The van der Waals surface area contributed by atoms with E-state index in [-0.39, 0.29) is 6.04 Å². The molecule has 3 heteroatoms. The van der Waals surface area contributed by atoms with Gasteiger partial charge in [-0.1, -0.05) is 72.8 Å². The van der Waals surface area contributed by atoms with Crippen molar-refractivity contribution in [2.24, 2.45) is 12.1 Å². The minimum absolute atomic E-state index is 0.196. The van der Waals surface area contributed by atoms with Crippen LogP contribution in [0.4, 0.5) is 5.69 Å². The molecule has 0 radical (unpaired) electrons. The van der Waals surface area contributed by atoms with E-state index in [1.807, 2.05) is 0 Å². The van der Waals surface area contributed by atoms with Gasteiger partial charge in [-0.3, -0.25) is 5.01 Å². The van der Waals surface area contributed by atoms with Crippen molar-refractivity contribution in [3.8, 4) is 0 Å². The van der Waals surface area contributed by atoms with Crippen LogP contribution >= 0.6 is 0 Å². The van der Waals surface area contributed by atoms with Crippen LogP contribution in [0.15, 0.2) is 108 Å². The number of fused-ring (bicyclic) bond motifs is 3. The number of hydrogen-bond donors (Lipinski definition) is 0. The van der Waals surface area contributed by atoms with Gasteiger partial charge in [-0.2, -0.15) is 5.10 Å². The second-order valence-corrected chi connectivity index (χ2v) is 8.17. The Hall–Kier alpha value is -3.85. The molecule has 1 aliphatic rings. The van der Waals surface area contributed by atoms with Crippen LogP contribution in [0, 0.1) is 0 Å². The van der Waals surface area contributed by atoms with Crippen molar-refractivity contribution in [1.82, 2.24) is 4.57 Å². The highest BCUT2D eigenvalue weighted by Gasteiger charge is 2.30. The van der Waals surface area contributed by atoms with Gasteiger partial charge in [-0.15, -0.1) is 0 Å². The molecule has 31 heavy (non-hydrogen) atoms. The van der Waals surface area contributed by atoms with Gasteiger partial charge in [-0.25, -0.2) is 0 Å². The van der Waals surface area contributed by atoms with E-state index in [2.05, 4.69) is 120 Å². The zero-order valence-corrected chi connectivity index (χ0v) is 17.4. The molecule has 0 N–H and O–H groups in total. The molecule has 0 aliphatic carbocycles. The van der Waals surface area contributed by atoms with Crippen molar-refractivity contribution in [3.63, 3.8) is 0 Å². The molecule has 0 saturated heterocycles. The van der Waals surface area contributed by atoms with E-state index in [0.717, 1.165) is 17.8 Å². The molecule has 3 nitrogen and oxygen atoms in total. The summed E-state index contributed by atoms with van der Waals surface area (Å²) in [5.74, 6) is 0. The molecule has 1 atom stereocenters. The minimum Gasteiger partial charge on any atom is -0.344 e. The first-order chi connectivity index (χ1) is 15.3. The maximum Gasteiger partial charge on any atom is 0.0831 e. The van der Waals surface area contributed by atoms with Gasteiger partial charge in [0.05, 0.1) is 17.4 Å². The minimum atomic E-state index is 0.196. The van der Waals surface area contributed by atoms with Crippen LogP contribution in [0.2, 0.25) is 0 Å². The van der Waals surface area contributed by atoms with E-state index in [1.54, 1.807) is 0 Å². The Labute approximate surface area is 181 Å². The third-order valence-electron chi connectivity index (χ3n) is 6.36. The predicted octanol–water partition coefficient (Wildman–Crippen LogP) is 6.69. The van der Waals surface area contributed by atoms with E-state index < -0.39 is 0 Å². The molecule has 1 aromatic heterocycles. The maximum absolute atomic E-state index is 5.12. The maximum atomic E-state index is 5.12. The Kier molecular flexibility index (Phi) is 4.13. The van der Waals surface area contributed by atoms with Gasteiger partial charge in [0, 0.05) is 35.3 Å². The zero-order chi connectivity index (χ0) is 20.8. The number of aryl methyl sites for hydroxylation is 1. The second kappa shape index (κ2) is 7.13. The van der Waals surface area contributed by atoms with Crippen molar-refractivity contribution in [1.29, 1.82) is 0 Å². The first kappa shape index (κ1) is 18.0. The lowest BCUT2D eigenvalue weighted by Crippen LogP contribution is -2.18. The molecule has 0 amide bonds. The van der Waals surface area contributed by atoms with Crippen molar-refractivity contribution in [3.05, 3.63) is 114 Å². The fourth-order valence-corrected chi connectivity index (χ4v) is 4.79. The quantitative estimate of drug-likeness (QED) is 0.330. The van der Waals surface area contributed by atoms with Gasteiger partial charge in [-0.05, 0) is 41.5 Å². The number of anilines is 1. The summed E-state index contributed by atoms with van der Waals surface area (Å²) < 4.78 is 2.27. The average Bonchev–Trinajstić information content (AvgIpc) is 3.41. The molecule has 2 heterocycles. The normalized spacial score (nSPS) is 16.2. The molecule has 0 saturated carbocycles. The van der Waals surface area contributed by atoms with Crippen molar-refractivity contribution in [2.75, 3.05) is 5.01 Å². The summed E-state index contributed by atoms with van der Waals surface area (Å²) in [5.41, 5.74) is 7.25. The molecular formula is C28H23N3. The molecule has 1 aliphatic heterocycles. The molecule has 0 unspecified atom stereocenters. The van der Waals surface area contributed by atoms with Crippen LogP contribution in [0.1, 0.15) is 23.6 Å². The molecule has 5 aromatic rings. The second-order valence-electron chi connectivity index (χ2n) is 8.17. The van der Waals surface area contributed by atoms with Crippen molar-refractivity contribution < 1.29 is 0 Å². The third-order valence-corrected chi connectivity index (χ3v) is 6.36. The number of nitrogens with zero attached hydrogens (tertiary/aromatic N) is 3. The summed E-state index contributed by atoms with van der Waals surface area (Å²) in [6, 6.07) is 36.7. The molecule has 4 aromatic carbocycles. The lowest BCUT2D eigenvalue weighted by molar-refractivity contribution is 0.709. The van der Waals surface area contributed by atoms with Crippen LogP contribution in [0.25, 0.3) is 21.8 Å². The molecule has 0 bridgehead atoms. The predicted molar refractivity (Wildman–Crippen MR) is 130 cm³/mol. The van der Waals surface area contributed by atoms with E-state index in [9.17, 15) is 0 Å². The van der Waals surface area contributed by atoms with Gasteiger partial charge in [0.15, 0.2) is 0 Å². The topological polar surface area (TPSA) is 20.5 Å². The van der Waals surface area contributed by atoms with Gasteiger partial charge in [0.25, 0.3) is 0 Å². The van der Waals surface area contributed by atoms with Crippen molar-refractivity contribution >= 4 is 33.2 Å².